The molecule has 1 N–H and O–H groups in total. The first kappa shape index (κ1) is 31.2. The molecular weight excluding hydrogens is 541 g/mol. The van der Waals surface area contributed by atoms with Crippen LogP contribution >= 0.6 is 24.0 Å². The van der Waals surface area contributed by atoms with Gasteiger partial charge in [-0.15, -0.1) is 12.4 Å². The number of hydrogen-bond acceptors (Lipinski definition) is 4. The lowest BCUT2D eigenvalue weighted by Gasteiger charge is -2.31. The summed E-state index contributed by atoms with van der Waals surface area (Å²) in [7, 11) is 0. The van der Waals surface area contributed by atoms with Crippen LogP contribution in [-0.4, -0.2) is 17.4 Å². The highest BCUT2D eigenvalue weighted by Crippen LogP contribution is 2.39. The third kappa shape index (κ3) is 8.59. The van der Waals surface area contributed by atoms with Crippen LogP contribution in [0.1, 0.15) is 54.2 Å². The van der Waals surface area contributed by atoms with Crippen molar-refractivity contribution in [3.8, 4) is 11.5 Å². The number of Topliss-reactive ketones (excluding diaryl/α,β-unsaturated/α-hetero) is 1. The molecule has 0 aliphatic heterocycles. The Hall–Kier alpha value is -3.31. The number of nitrogens with one attached hydrogen (secondary N) is 1. The minimum atomic E-state index is -0.403. The molecule has 0 heterocycles. The van der Waals surface area contributed by atoms with E-state index < -0.39 is 6.04 Å². The van der Waals surface area contributed by atoms with Crippen molar-refractivity contribution in [2.24, 2.45) is 0 Å². The lowest BCUT2D eigenvalue weighted by Crippen LogP contribution is -2.50. The summed E-state index contributed by atoms with van der Waals surface area (Å²) in [6.07, 6.45) is 1.42. The van der Waals surface area contributed by atoms with E-state index >= 15 is 0 Å². The van der Waals surface area contributed by atoms with Crippen LogP contribution in [0.25, 0.3) is 0 Å². The molecule has 0 bridgehead atoms. The van der Waals surface area contributed by atoms with E-state index in [0.29, 0.717) is 36.7 Å². The lowest BCUT2D eigenvalue weighted by atomic mass is 9.91. The summed E-state index contributed by atoms with van der Waals surface area (Å²) >= 11 is 6.91. The Morgan fingerprint density at radius 1 is 0.775 bits per heavy atom. The number of ketones is 1. The van der Waals surface area contributed by atoms with E-state index in [2.05, 4.69) is 31.3 Å². The van der Waals surface area contributed by atoms with Gasteiger partial charge in [-0.1, -0.05) is 110 Å². The van der Waals surface area contributed by atoms with Gasteiger partial charge in [-0.05, 0) is 55.5 Å². The van der Waals surface area contributed by atoms with Gasteiger partial charge in [-0.2, -0.15) is 0 Å². The number of benzene rings is 4. The van der Waals surface area contributed by atoms with Gasteiger partial charge in [-0.25, -0.2) is 0 Å². The van der Waals surface area contributed by atoms with E-state index in [-0.39, 0.29) is 28.8 Å². The molecule has 0 fully saturated rings. The van der Waals surface area contributed by atoms with Gasteiger partial charge < -0.3 is 14.8 Å². The van der Waals surface area contributed by atoms with E-state index in [1.165, 1.54) is 5.56 Å². The van der Waals surface area contributed by atoms with Gasteiger partial charge in [0.1, 0.15) is 13.2 Å². The zero-order valence-corrected chi connectivity index (χ0v) is 24.8. The minimum Gasteiger partial charge on any atom is -0.485 e. The molecule has 4 aromatic carbocycles. The van der Waals surface area contributed by atoms with Crippen molar-refractivity contribution in [1.82, 2.24) is 5.32 Å². The number of halogens is 2. The monoisotopic (exact) mass is 577 g/mol. The van der Waals surface area contributed by atoms with Crippen LogP contribution in [0.5, 0.6) is 11.5 Å². The maximum Gasteiger partial charge on any atom is 0.181 e. The standard InChI is InChI=1S/C34H36ClNO3.ClH/c1-4-29(36-34(2,3)22-25-14-8-5-9-15-25)32(37)28-20-21-30(38-23-26-16-10-6-11-17-26)33(31(28)35)39-24-27-18-12-7-13-19-27;/h5-21,29,36H,4,22-24H2,1-3H3;1H. The molecule has 0 amide bonds. The number of carbonyl (C=O) groups is 1. The molecule has 0 spiro atoms. The number of ether oxygens (including phenoxy) is 2. The van der Waals surface area contributed by atoms with Gasteiger partial charge in [0, 0.05) is 11.1 Å². The van der Waals surface area contributed by atoms with Gasteiger partial charge in [0.2, 0.25) is 0 Å². The van der Waals surface area contributed by atoms with Gasteiger partial charge in [0.25, 0.3) is 0 Å². The van der Waals surface area contributed by atoms with E-state index in [9.17, 15) is 4.79 Å². The zero-order chi connectivity index (χ0) is 27.7. The Balaban J connectivity index is 0.00000441. The largest absolute Gasteiger partial charge is 0.485 e. The molecule has 4 nitrogen and oxygen atoms in total. The second-order valence-electron chi connectivity index (χ2n) is 10.3. The first-order valence-corrected chi connectivity index (χ1v) is 13.8. The highest BCUT2D eigenvalue weighted by Gasteiger charge is 2.29. The normalized spacial score (nSPS) is 11.8. The summed E-state index contributed by atoms with van der Waals surface area (Å²) < 4.78 is 12.3. The molecule has 0 aliphatic rings. The van der Waals surface area contributed by atoms with Gasteiger partial charge in [-0.3, -0.25) is 4.79 Å². The van der Waals surface area contributed by atoms with Gasteiger partial charge in [0.05, 0.1) is 11.1 Å². The molecular formula is C34H37Cl2NO3. The van der Waals surface area contributed by atoms with Crippen molar-refractivity contribution >= 4 is 29.8 Å². The molecule has 0 saturated heterocycles. The topological polar surface area (TPSA) is 47.6 Å². The first-order valence-electron chi connectivity index (χ1n) is 13.4. The fourth-order valence-electron chi connectivity index (χ4n) is 4.61. The fourth-order valence-corrected chi connectivity index (χ4v) is 4.92. The SMILES string of the molecule is CCC(NC(C)(C)Cc1ccccc1)C(=O)c1ccc(OCc2ccccc2)c(OCc2ccccc2)c1Cl.Cl. The Morgan fingerprint density at radius 3 is 1.80 bits per heavy atom. The predicted octanol–water partition coefficient (Wildman–Crippen LogP) is 8.49. The van der Waals surface area contributed by atoms with Crippen molar-refractivity contribution < 1.29 is 14.3 Å². The maximum absolute atomic E-state index is 13.8. The summed E-state index contributed by atoms with van der Waals surface area (Å²) in [5, 5.41) is 3.84. The van der Waals surface area contributed by atoms with Crippen molar-refractivity contribution in [2.45, 2.75) is 58.4 Å². The van der Waals surface area contributed by atoms with Crippen molar-refractivity contribution in [3.05, 3.63) is 130 Å². The highest BCUT2D eigenvalue weighted by atomic mass is 35.5. The Morgan fingerprint density at radius 2 is 1.27 bits per heavy atom. The number of hydrogen-bond donors (Lipinski definition) is 1. The van der Waals surface area contributed by atoms with E-state index in [1.54, 1.807) is 12.1 Å². The van der Waals surface area contributed by atoms with Crippen LogP contribution in [0.4, 0.5) is 0 Å². The molecule has 0 radical (unpaired) electrons. The van der Waals surface area contributed by atoms with E-state index in [4.69, 9.17) is 21.1 Å². The van der Waals surface area contributed by atoms with Crippen LogP contribution in [0.2, 0.25) is 5.02 Å². The molecule has 4 rings (SSSR count). The zero-order valence-electron chi connectivity index (χ0n) is 23.2. The minimum absolute atomic E-state index is 0. The van der Waals surface area contributed by atoms with Crippen molar-refractivity contribution in [3.63, 3.8) is 0 Å². The summed E-state index contributed by atoms with van der Waals surface area (Å²) in [5.74, 6) is 0.810. The third-order valence-corrected chi connectivity index (χ3v) is 6.94. The smallest absolute Gasteiger partial charge is 0.181 e. The highest BCUT2D eigenvalue weighted by molar-refractivity contribution is 6.36. The lowest BCUT2D eigenvalue weighted by molar-refractivity contribution is 0.0919. The first-order chi connectivity index (χ1) is 18.9. The quantitative estimate of drug-likeness (QED) is 0.162. The van der Waals surface area contributed by atoms with Gasteiger partial charge >= 0.3 is 0 Å². The van der Waals surface area contributed by atoms with Gasteiger partial charge in [0.15, 0.2) is 17.3 Å². The second-order valence-corrected chi connectivity index (χ2v) is 10.7. The molecule has 210 valence electrons. The summed E-state index contributed by atoms with van der Waals surface area (Å²) in [6.45, 7) is 6.91. The molecule has 0 aliphatic carbocycles. The Bertz CT molecular complexity index is 1350. The predicted molar refractivity (Wildman–Crippen MR) is 166 cm³/mol. The Labute approximate surface area is 249 Å². The van der Waals surface area contributed by atoms with E-state index in [1.807, 2.05) is 85.8 Å². The maximum atomic E-state index is 13.8. The van der Waals surface area contributed by atoms with Crippen molar-refractivity contribution in [1.29, 1.82) is 0 Å². The molecule has 4 aromatic rings. The second kappa shape index (κ2) is 14.9. The summed E-state index contributed by atoms with van der Waals surface area (Å²) in [6, 6.07) is 33.2. The van der Waals surface area contributed by atoms with Crippen LogP contribution in [0.15, 0.2) is 103 Å². The average Bonchev–Trinajstić information content (AvgIpc) is 2.95. The van der Waals surface area contributed by atoms with Crippen LogP contribution in [0.3, 0.4) is 0 Å². The summed E-state index contributed by atoms with van der Waals surface area (Å²) in [5.41, 5.74) is 3.36. The molecule has 0 aromatic heterocycles. The molecule has 0 saturated carbocycles. The Kier molecular flexibility index (Phi) is 11.6. The molecule has 6 heteroatoms. The summed E-state index contributed by atoms with van der Waals surface area (Å²) in [4.78, 5) is 13.8. The van der Waals surface area contributed by atoms with Crippen LogP contribution in [0, 0.1) is 0 Å². The molecule has 1 unspecified atom stereocenters. The number of carbonyl (C=O) groups excluding carboxylic acids is 1. The average molecular weight is 579 g/mol. The molecule has 1 atom stereocenters. The van der Waals surface area contributed by atoms with Crippen LogP contribution < -0.4 is 14.8 Å². The number of rotatable bonds is 13. The van der Waals surface area contributed by atoms with Crippen molar-refractivity contribution in [2.75, 3.05) is 0 Å². The molecule has 40 heavy (non-hydrogen) atoms. The van der Waals surface area contributed by atoms with Crippen LogP contribution in [-0.2, 0) is 19.6 Å². The third-order valence-electron chi connectivity index (χ3n) is 6.57. The fraction of sp³-hybridized carbons (Fsp3) is 0.265. The van der Waals surface area contributed by atoms with E-state index in [0.717, 1.165) is 17.5 Å².